The summed E-state index contributed by atoms with van der Waals surface area (Å²) in [4.78, 5) is 28.3. The van der Waals surface area contributed by atoms with Gasteiger partial charge in [-0.2, -0.15) is 0 Å². The van der Waals surface area contributed by atoms with Crippen LogP contribution in [0.1, 0.15) is 46.2 Å². The van der Waals surface area contributed by atoms with Crippen LogP contribution in [0.15, 0.2) is 12.4 Å². The molecule has 3 fully saturated rings. The summed E-state index contributed by atoms with van der Waals surface area (Å²) in [5, 5.41) is 0. The fraction of sp³-hybridized carbons (Fsp3) is 0.762. The summed E-state index contributed by atoms with van der Waals surface area (Å²) < 4.78 is 5.76. The molecule has 0 saturated carbocycles. The summed E-state index contributed by atoms with van der Waals surface area (Å²) in [6, 6.07) is 3.08. The molecule has 1 amide bonds. The molecule has 0 aromatic carbocycles. The predicted molar refractivity (Wildman–Crippen MR) is 108 cm³/mol. The Bertz CT molecular complexity index is 702. The largest absolute Gasteiger partial charge is 0.442 e. The van der Waals surface area contributed by atoms with E-state index >= 15 is 0 Å². The highest BCUT2D eigenvalue weighted by atomic mass is 16.6. The van der Waals surface area contributed by atoms with Gasteiger partial charge in [-0.05, 0) is 39.0 Å². The molecule has 1 aromatic heterocycles. The van der Waals surface area contributed by atoms with E-state index in [4.69, 9.17) is 4.74 Å². The van der Waals surface area contributed by atoms with Crippen LogP contribution in [-0.2, 0) is 11.2 Å². The van der Waals surface area contributed by atoms with Crippen LogP contribution in [0.2, 0.25) is 0 Å². The lowest BCUT2D eigenvalue weighted by molar-refractivity contribution is 0.0946. The van der Waals surface area contributed by atoms with E-state index in [2.05, 4.69) is 53.5 Å². The van der Waals surface area contributed by atoms with Crippen molar-refractivity contribution in [3.8, 4) is 0 Å². The number of carbonyl (C=O) groups is 1. The second kappa shape index (κ2) is 7.85. The van der Waals surface area contributed by atoms with E-state index in [9.17, 15) is 4.79 Å². The quantitative estimate of drug-likeness (QED) is 0.774. The van der Waals surface area contributed by atoms with E-state index in [0.29, 0.717) is 18.0 Å². The van der Waals surface area contributed by atoms with Gasteiger partial charge in [-0.3, -0.25) is 4.90 Å². The highest BCUT2D eigenvalue weighted by Gasteiger charge is 2.50. The van der Waals surface area contributed by atoms with Gasteiger partial charge in [0.2, 0.25) is 0 Å². The normalized spacial score (nSPS) is 26.4. The van der Waals surface area contributed by atoms with Gasteiger partial charge in [0, 0.05) is 43.5 Å². The van der Waals surface area contributed by atoms with Crippen molar-refractivity contribution in [2.45, 2.75) is 71.2 Å². The number of anilines is 1. The van der Waals surface area contributed by atoms with Crippen molar-refractivity contribution in [3.63, 3.8) is 0 Å². The Morgan fingerprint density at radius 1 is 1.14 bits per heavy atom. The SMILES string of the molecule is CC(C)Cc1cc(N2C[C@@H]3OC(=O)N(C4CCN(C(C)C)CC4)[C@@H]3C2)ncn1. The minimum absolute atomic E-state index is 0.0563. The Labute approximate surface area is 168 Å². The van der Waals surface area contributed by atoms with Crippen LogP contribution >= 0.6 is 0 Å². The average Bonchev–Trinajstić information content (AvgIpc) is 3.18. The van der Waals surface area contributed by atoms with Crippen LogP contribution in [0.3, 0.4) is 0 Å². The van der Waals surface area contributed by atoms with Crippen LogP contribution in [0.4, 0.5) is 10.6 Å². The summed E-state index contributed by atoms with van der Waals surface area (Å²) in [7, 11) is 0. The molecule has 0 spiro atoms. The number of fused-ring (bicyclic) bond motifs is 1. The van der Waals surface area contributed by atoms with Gasteiger partial charge in [0.15, 0.2) is 0 Å². The topological polar surface area (TPSA) is 61.8 Å². The first-order valence-corrected chi connectivity index (χ1v) is 10.7. The van der Waals surface area contributed by atoms with E-state index in [0.717, 1.165) is 57.0 Å². The van der Waals surface area contributed by atoms with Crippen LogP contribution in [0.25, 0.3) is 0 Å². The van der Waals surface area contributed by atoms with E-state index in [1.165, 1.54) is 0 Å². The van der Waals surface area contributed by atoms with Gasteiger partial charge in [-0.25, -0.2) is 14.8 Å². The minimum Gasteiger partial charge on any atom is -0.442 e. The fourth-order valence-electron chi connectivity index (χ4n) is 4.84. The molecule has 154 valence electrons. The maximum Gasteiger partial charge on any atom is 0.410 e. The number of amides is 1. The molecule has 1 aromatic rings. The third-order valence-electron chi connectivity index (χ3n) is 6.33. The Balaban J connectivity index is 1.43. The number of hydrogen-bond acceptors (Lipinski definition) is 6. The molecule has 7 nitrogen and oxygen atoms in total. The standard InChI is InChI=1S/C21H33N5O2/c1-14(2)9-16-10-20(23-13-22-16)25-11-18-19(12-25)28-21(27)26(18)17-5-7-24(8-6-17)15(3)4/h10,13-15,17-19H,5-9,11-12H2,1-4H3/t18-,19+/m1/s1. The molecule has 4 rings (SSSR count). The molecule has 3 aliphatic heterocycles. The summed E-state index contributed by atoms with van der Waals surface area (Å²) >= 11 is 0. The van der Waals surface area contributed by atoms with Crippen LogP contribution in [0, 0.1) is 5.92 Å². The highest BCUT2D eigenvalue weighted by molar-refractivity contribution is 5.72. The first-order valence-electron chi connectivity index (χ1n) is 10.7. The van der Waals surface area contributed by atoms with Crippen molar-refractivity contribution in [2.75, 3.05) is 31.1 Å². The molecule has 28 heavy (non-hydrogen) atoms. The van der Waals surface area contributed by atoms with Crippen LogP contribution in [0.5, 0.6) is 0 Å². The zero-order valence-electron chi connectivity index (χ0n) is 17.5. The third kappa shape index (κ3) is 3.81. The summed E-state index contributed by atoms with van der Waals surface area (Å²) in [6.45, 7) is 12.5. The number of carbonyl (C=O) groups excluding carboxylic acids is 1. The van der Waals surface area contributed by atoms with Crippen molar-refractivity contribution < 1.29 is 9.53 Å². The lowest BCUT2D eigenvalue weighted by Crippen LogP contribution is -2.51. The van der Waals surface area contributed by atoms with Gasteiger partial charge in [-0.15, -0.1) is 0 Å². The molecule has 0 bridgehead atoms. The Kier molecular flexibility index (Phi) is 5.45. The van der Waals surface area contributed by atoms with E-state index in [1.807, 2.05) is 4.90 Å². The highest BCUT2D eigenvalue weighted by Crippen LogP contribution is 2.33. The van der Waals surface area contributed by atoms with Gasteiger partial charge < -0.3 is 14.5 Å². The lowest BCUT2D eigenvalue weighted by Gasteiger charge is -2.39. The Hall–Kier alpha value is -1.89. The second-order valence-corrected chi connectivity index (χ2v) is 9.13. The van der Waals surface area contributed by atoms with Crippen molar-refractivity contribution in [1.82, 2.24) is 19.8 Å². The summed E-state index contributed by atoms with van der Waals surface area (Å²) in [6.07, 6.45) is 4.49. The molecule has 3 saturated heterocycles. The van der Waals surface area contributed by atoms with Gasteiger partial charge >= 0.3 is 6.09 Å². The van der Waals surface area contributed by atoms with Crippen LogP contribution < -0.4 is 4.90 Å². The number of likely N-dealkylation sites (tertiary alicyclic amines) is 1. The third-order valence-corrected chi connectivity index (χ3v) is 6.33. The smallest absolute Gasteiger partial charge is 0.410 e. The molecular formula is C21H33N5O2. The van der Waals surface area contributed by atoms with E-state index in [-0.39, 0.29) is 18.2 Å². The molecule has 2 atom stereocenters. The fourth-order valence-corrected chi connectivity index (χ4v) is 4.84. The van der Waals surface area contributed by atoms with Gasteiger partial charge in [0.1, 0.15) is 18.2 Å². The lowest BCUT2D eigenvalue weighted by atomic mass is 10.0. The van der Waals surface area contributed by atoms with Crippen molar-refractivity contribution in [2.24, 2.45) is 5.92 Å². The second-order valence-electron chi connectivity index (χ2n) is 9.13. The van der Waals surface area contributed by atoms with E-state index in [1.54, 1.807) is 6.33 Å². The summed E-state index contributed by atoms with van der Waals surface area (Å²) in [5.74, 6) is 1.51. The zero-order valence-corrected chi connectivity index (χ0v) is 17.5. The van der Waals surface area contributed by atoms with Gasteiger partial charge in [0.25, 0.3) is 0 Å². The van der Waals surface area contributed by atoms with Crippen molar-refractivity contribution >= 4 is 11.9 Å². The number of ether oxygens (including phenoxy) is 1. The van der Waals surface area contributed by atoms with Crippen molar-refractivity contribution in [3.05, 3.63) is 18.1 Å². The predicted octanol–water partition coefficient (Wildman–Crippen LogP) is 2.56. The Morgan fingerprint density at radius 2 is 1.89 bits per heavy atom. The first-order chi connectivity index (χ1) is 13.4. The van der Waals surface area contributed by atoms with E-state index < -0.39 is 0 Å². The van der Waals surface area contributed by atoms with Gasteiger partial charge in [-0.1, -0.05) is 13.8 Å². The zero-order chi connectivity index (χ0) is 19.8. The number of nitrogens with zero attached hydrogens (tertiary/aromatic N) is 5. The average molecular weight is 388 g/mol. The molecule has 7 heteroatoms. The first kappa shape index (κ1) is 19.4. The van der Waals surface area contributed by atoms with Gasteiger partial charge in [0.05, 0.1) is 12.6 Å². The molecule has 0 aliphatic carbocycles. The number of piperidine rings is 1. The summed E-state index contributed by atoms with van der Waals surface area (Å²) in [5.41, 5.74) is 1.08. The molecule has 0 radical (unpaired) electrons. The van der Waals surface area contributed by atoms with Crippen LogP contribution in [-0.4, -0.2) is 76.3 Å². The van der Waals surface area contributed by atoms with Crippen molar-refractivity contribution in [1.29, 1.82) is 0 Å². The molecular weight excluding hydrogens is 354 g/mol. The maximum absolute atomic E-state index is 12.6. The number of aromatic nitrogens is 2. The Morgan fingerprint density at radius 3 is 2.57 bits per heavy atom. The molecule has 4 heterocycles. The number of rotatable bonds is 5. The maximum atomic E-state index is 12.6. The molecule has 3 aliphatic rings. The monoisotopic (exact) mass is 387 g/mol. The number of hydrogen-bond donors (Lipinski definition) is 0. The molecule has 0 unspecified atom stereocenters. The molecule has 0 N–H and O–H groups in total. The minimum atomic E-state index is -0.124.